The number of hydrogen-bond donors (Lipinski definition) is 0. The van der Waals surface area contributed by atoms with Crippen LogP contribution in [0.3, 0.4) is 0 Å². The van der Waals surface area contributed by atoms with Crippen LogP contribution in [0, 0.1) is 11.8 Å². The molecule has 4 atom stereocenters. The largest absolute Gasteiger partial charge is 0.373 e. The molecule has 2 saturated carbocycles. The Balaban J connectivity index is 1.51. The van der Waals surface area contributed by atoms with Crippen molar-refractivity contribution in [3.8, 4) is 0 Å². The van der Waals surface area contributed by atoms with Gasteiger partial charge in [0, 0.05) is 37.8 Å². The topological polar surface area (TPSA) is 15.7 Å². The van der Waals surface area contributed by atoms with E-state index in [9.17, 15) is 0 Å². The van der Waals surface area contributed by atoms with E-state index in [0.717, 1.165) is 17.9 Å². The molecule has 3 nitrogen and oxygen atoms in total. The molecule has 1 aliphatic heterocycles. The smallest absolute Gasteiger partial charge is 0.0602 e. The van der Waals surface area contributed by atoms with Crippen LogP contribution in [-0.2, 0) is 4.74 Å². The number of fused-ring (bicyclic) bond motifs is 1. The number of ether oxygens (including phenoxy) is 1. The van der Waals surface area contributed by atoms with E-state index in [1.807, 2.05) is 0 Å². The van der Waals surface area contributed by atoms with Gasteiger partial charge in [0.05, 0.1) is 11.7 Å². The van der Waals surface area contributed by atoms with E-state index in [2.05, 4.69) is 51.3 Å². The fourth-order valence-electron chi connectivity index (χ4n) is 5.52. The van der Waals surface area contributed by atoms with Crippen molar-refractivity contribution in [1.82, 2.24) is 9.80 Å². The maximum atomic E-state index is 6.34. The zero-order chi connectivity index (χ0) is 18.2. The summed E-state index contributed by atoms with van der Waals surface area (Å²) in [5, 5.41) is 0. The van der Waals surface area contributed by atoms with Gasteiger partial charge in [0.1, 0.15) is 0 Å². The lowest BCUT2D eigenvalue weighted by Gasteiger charge is -2.49. The minimum atomic E-state index is 0.00879. The maximum Gasteiger partial charge on any atom is 0.0602 e. The Hall–Kier alpha value is -0.120. The summed E-state index contributed by atoms with van der Waals surface area (Å²) in [6.07, 6.45) is 8.80. The Morgan fingerprint density at radius 3 is 1.96 bits per heavy atom. The average Bonchev–Trinajstić information content (AvgIpc) is 2.52. The van der Waals surface area contributed by atoms with Crippen LogP contribution < -0.4 is 0 Å². The molecule has 2 aliphatic carbocycles. The molecule has 0 bridgehead atoms. The quantitative estimate of drug-likeness (QED) is 0.726. The Bertz CT molecular complexity index is 428. The normalized spacial score (nSPS) is 36.2. The predicted octanol–water partition coefficient (Wildman–Crippen LogP) is 4.56. The summed E-state index contributed by atoms with van der Waals surface area (Å²) < 4.78 is 6.34. The monoisotopic (exact) mass is 350 g/mol. The van der Waals surface area contributed by atoms with E-state index in [4.69, 9.17) is 4.74 Å². The molecule has 0 aromatic carbocycles. The minimum absolute atomic E-state index is 0.00879. The van der Waals surface area contributed by atoms with E-state index in [1.165, 1.54) is 64.7 Å². The Morgan fingerprint density at radius 2 is 1.36 bits per heavy atom. The first-order chi connectivity index (χ1) is 11.6. The summed E-state index contributed by atoms with van der Waals surface area (Å²) in [5.41, 5.74) is 0.333. The second kappa shape index (κ2) is 7.48. The summed E-state index contributed by atoms with van der Waals surface area (Å²) in [5.74, 6) is 1.88. The van der Waals surface area contributed by atoms with E-state index in [0.29, 0.717) is 11.6 Å². The number of rotatable bonds is 2. The van der Waals surface area contributed by atoms with Crippen molar-refractivity contribution >= 4 is 0 Å². The average molecular weight is 351 g/mol. The van der Waals surface area contributed by atoms with E-state index in [1.54, 1.807) is 0 Å². The van der Waals surface area contributed by atoms with Crippen molar-refractivity contribution in [3.05, 3.63) is 0 Å². The third-order valence-electron chi connectivity index (χ3n) is 6.84. The van der Waals surface area contributed by atoms with Crippen molar-refractivity contribution in [3.63, 3.8) is 0 Å². The first-order valence-corrected chi connectivity index (χ1v) is 10.8. The van der Waals surface area contributed by atoms with Gasteiger partial charge in [-0.2, -0.15) is 0 Å². The van der Waals surface area contributed by atoms with Crippen molar-refractivity contribution in [2.45, 2.75) is 103 Å². The van der Waals surface area contributed by atoms with Gasteiger partial charge in [0.25, 0.3) is 0 Å². The highest BCUT2D eigenvalue weighted by molar-refractivity contribution is 4.92. The number of hydrogen-bond acceptors (Lipinski definition) is 3. The number of nitrogens with zero attached hydrogens (tertiary/aromatic N) is 2. The van der Waals surface area contributed by atoms with Crippen LogP contribution in [-0.4, -0.2) is 59.3 Å². The van der Waals surface area contributed by atoms with Gasteiger partial charge >= 0.3 is 0 Å². The zero-order valence-corrected chi connectivity index (χ0v) is 17.7. The SMILES string of the molecule is CC(C)(C)OC1CCC2CCC(N3CCN(C(C)(C)C)CC3)CC2C1. The van der Waals surface area contributed by atoms with Crippen LogP contribution in [0.4, 0.5) is 0 Å². The molecule has 0 spiro atoms. The van der Waals surface area contributed by atoms with Gasteiger partial charge in [-0.15, -0.1) is 0 Å². The molecule has 146 valence electrons. The second-order valence-corrected chi connectivity index (χ2v) is 10.8. The number of piperazine rings is 1. The summed E-state index contributed by atoms with van der Waals surface area (Å²) in [6.45, 7) is 18.7. The van der Waals surface area contributed by atoms with E-state index < -0.39 is 0 Å². The van der Waals surface area contributed by atoms with Crippen LogP contribution in [0.15, 0.2) is 0 Å². The van der Waals surface area contributed by atoms with Gasteiger partial charge < -0.3 is 4.74 Å². The van der Waals surface area contributed by atoms with Crippen molar-refractivity contribution in [2.75, 3.05) is 26.2 Å². The highest BCUT2D eigenvalue weighted by atomic mass is 16.5. The van der Waals surface area contributed by atoms with Crippen LogP contribution in [0.5, 0.6) is 0 Å². The van der Waals surface area contributed by atoms with Crippen LogP contribution in [0.1, 0.15) is 80.1 Å². The Morgan fingerprint density at radius 1 is 0.720 bits per heavy atom. The van der Waals surface area contributed by atoms with Crippen LogP contribution in [0.2, 0.25) is 0 Å². The highest BCUT2D eigenvalue weighted by Crippen LogP contribution is 2.43. The fraction of sp³-hybridized carbons (Fsp3) is 1.00. The molecule has 25 heavy (non-hydrogen) atoms. The molecule has 4 unspecified atom stereocenters. The van der Waals surface area contributed by atoms with E-state index in [-0.39, 0.29) is 5.60 Å². The van der Waals surface area contributed by atoms with Crippen molar-refractivity contribution < 1.29 is 4.74 Å². The molecule has 3 rings (SSSR count). The van der Waals surface area contributed by atoms with Gasteiger partial charge in [0.15, 0.2) is 0 Å². The highest BCUT2D eigenvalue weighted by Gasteiger charge is 2.39. The molecule has 3 aliphatic rings. The maximum absolute atomic E-state index is 6.34. The molecule has 0 N–H and O–H groups in total. The third kappa shape index (κ3) is 5.20. The first kappa shape index (κ1) is 19.6. The summed E-state index contributed by atoms with van der Waals surface area (Å²) in [4.78, 5) is 5.47. The molecular formula is C22H42N2O. The fourth-order valence-corrected chi connectivity index (χ4v) is 5.52. The van der Waals surface area contributed by atoms with Gasteiger partial charge in [-0.1, -0.05) is 0 Å². The lowest BCUT2D eigenvalue weighted by atomic mass is 9.68. The zero-order valence-electron chi connectivity index (χ0n) is 17.7. The van der Waals surface area contributed by atoms with Crippen LogP contribution >= 0.6 is 0 Å². The van der Waals surface area contributed by atoms with Gasteiger partial charge in [-0.25, -0.2) is 0 Å². The van der Waals surface area contributed by atoms with Gasteiger partial charge in [0.2, 0.25) is 0 Å². The lowest BCUT2D eigenvalue weighted by molar-refractivity contribution is -0.0980. The molecule has 0 radical (unpaired) electrons. The van der Waals surface area contributed by atoms with E-state index >= 15 is 0 Å². The molecule has 0 amide bonds. The molecule has 0 aromatic rings. The Labute approximate surface area is 156 Å². The molecule has 0 aromatic heterocycles. The molecule has 3 heteroatoms. The second-order valence-electron chi connectivity index (χ2n) is 10.8. The predicted molar refractivity (Wildman–Crippen MR) is 106 cm³/mol. The molecule has 1 heterocycles. The van der Waals surface area contributed by atoms with Crippen molar-refractivity contribution in [2.24, 2.45) is 11.8 Å². The molecule has 1 saturated heterocycles. The van der Waals surface area contributed by atoms with Crippen LogP contribution in [0.25, 0.3) is 0 Å². The molecule has 3 fully saturated rings. The summed E-state index contributed by atoms with van der Waals surface area (Å²) in [6, 6.07) is 0.830. The van der Waals surface area contributed by atoms with Gasteiger partial charge in [-0.3, -0.25) is 9.80 Å². The first-order valence-electron chi connectivity index (χ1n) is 10.8. The summed E-state index contributed by atoms with van der Waals surface area (Å²) >= 11 is 0. The summed E-state index contributed by atoms with van der Waals surface area (Å²) in [7, 11) is 0. The standard InChI is InChI=1S/C22H42N2O/c1-21(2,3)24-13-11-23(12-14-24)19-9-7-17-8-10-20(16-18(17)15-19)25-22(4,5)6/h17-20H,7-16H2,1-6H3. The lowest BCUT2D eigenvalue weighted by Crippen LogP contribution is -2.56. The minimum Gasteiger partial charge on any atom is -0.373 e. The van der Waals surface area contributed by atoms with Crippen molar-refractivity contribution in [1.29, 1.82) is 0 Å². The molecular weight excluding hydrogens is 308 g/mol. The van der Waals surface area contributed by atoms with Gasteiger partial charge in [-0.05, 0) is 91.9 Å². The Kier molecular flexibility index (Phi) is 5.88. The third-order valence-corrected chi connectivity index (χ3v) is 6.84.